The monoisotopic (exact) mass is 451 g/mol. The van der Waals surface area contributed by atoms with E-state index < -0.39 is 5.97 Å². The summed E-state index contributed by atoms with van der Waals surface area (Å²) < 4.78 is 25.6. The third-order valence-corrected chi connectivity index (χ3v) is 5.77. The molecule has 33 heavy (non-hydrogen) atoms. The van der Waals surface area contributed by atoms with Crippen LogP contribution in [0, 0.1) is 5.82 Å². The van der Waals surface area contributed by atoms with Gasteiger partial charge in [-0.15, -0.1) is 0 Å². The van der Waals surface area contributed by atoms with Gasteiger partial charge in [0.15, 0.2) is 5.69 Å². The molecule has 8 heteroatoms. The molecule has 0 spiro atoms. The summed E-state index contributed by atoms with van der Waals surface area (Å²) in [5, 5.41) is 4.53. The minimum Gasteiger partial charge on any atom is -0.497 e. The van der Waals surface area contributed by atoms with Gasteiger partial charge in [-0.3, -0.25) is 9.48 Å². The number of benzene rings is 2. The molecule has 3 aromatic rings. The van der Waals surface area contributed by atoms with E-state index >= 15 is 0 Å². The Bertz CT molecular complexity index is 1130. The first-order valence-corrected chi connectivity index (χ1v) is 11.0. The van der Waals surface area contributed by atoms with E-state index in [2.05, 4.69) is 5.10 Å². The van der Waals surface area contributed by atoms with Crippen molar-refractivity contribution in [1.29, 1.82) is 0 Å². The van der Waals surface area contributed by atoms with Crippen molar-refractivity contribution in [2.45, 2.75) is 25.8 Å². The second-order valence-electron chi connectivity index (χ2n) is 7.84. The van der Waals surface area contributed by atoms with Crippen molar-refractivity contribution in [3.63, 3.8) is 0 Å². The fourth-order valence-corrected chi connectivity index (χ4v) is 4.07. The summed E-state index contributed by atoms with van der Waals surface area (Å²) in [7, 11) is 1.57. The van der Waals surface area contributed by atoms with Crippen LogP contribution in [0.3, 0.4) is 0 Å². The number of likely N-dealkylation sites (tertiary alicyclic amines) is 1. The van der Waals surface area contributed by atoms with Crippen LogP contribution in [0.4, 0.5) is 4.39 Å². The number of hydrogen-bond donors (Lipinski definition) is 0. The summed E-state index contributed by atoms with van der Waals surface area (Å²) in [6.07, 6.45) is 1.35. The predicted molar refractivity (Wildman–Crippen MR) is 121 cm³/mol. The number of ether oxygens (including phenoxy) is 2. The summed E-state index contributed by atoms with van der Waals surface area (Å²) in [6.45, 7) is 3.10. The lowest BCUT2D eigenvalue weighted by Crippen LogP contribution is -2.39. The van der Waals surface area contributed by atoms with Crippen LogP contribution >= 0.6 is 0 Å². The van der Waals surface area contributed by atoms with Crippen LogP contribution < -0.4 is 4.74 Å². The average molecular weight is 451 g/mol. The van der Waals surface area contributed by atoms with E-state index in [1.807, 2.05) is 9.58 Å². The van der Waals surface area contributed by atoms with Crippen molar-refractivity contribution in [3.8, 4) is 17.0 Å². The number of hydrogen-bond acceptors (Lipinski definition) is 5. The molecule has 1 aliphatic heterocycles. The van der Waals surface area contributed by atoms with Gasteiger partial charge < -0.3 is 14.4 Å². The maximum Gasteiger partial charge on any atom is 0.358 e. The highest BCUT2D eigenvalue weighted by molar-refractivity contribution is 5.94. The topological polar surface area (TPSA) is 73.7 Å². The van der Waals surface area contributed by atoms with Crippen molar-refractivity contribution < 1.29 is 23.5 Å². The van der Waals surface area contributed by atoms with E-state index in [1.54, 1.807) is 56.5 Å². The smallest absolute Gasteiger partial charge is 0.358 e. The summed E-state index contributed by atoms with van der Waals surface area (Å²) in [4.78, 5) is 27.1. The normalized spacial score (nSPS) is 14.2. The van der Waals surface area contributed by atoms with Crippen LogP contribution in [0.5, 0.6) is 5.75 Å². The minimum atomic E-state index is -0.495. The standard InChI is InChI=1S/C25H26FN3O4/c1-3-33-25(31)22-16-23(17-7-9-19(26)10-8-17)29(27-22)20-11-13-28(14-12-20)24(30)18-5-4-6-21(15-18)32-2/h4-10,15-16,20H,3,11-14H2,1-2H3. The maximum absolute atomic E-state index is 13.5. The number of piperidine rings is 1. The molecule has 0 atom stereocenters. The average Bonchev–Trinajstić information content (AvgIpc) is 3.30. The van der Waals surface area contributed by atoms with E-state index in [4.69, 9.17) is 9.47 Å². The molecule has 1 aliphatic rings. The quantitative estimate of drug-likeness (QED) is 0.521. The van der Waals surface area contributed by atoms with Gasteiger partial charge in [-0.2, -0.15) is 5.10 Å². The van der Waals surface area contributed by atoms with Crippen molar-refractivity contribution in [2.75, 3.05) is 26.8 Å². The number of carbonyl (C=O) groups is 2. The Morgan fingerprint density at radius 1 is 1.09 bits per heavy atom. The molecule has 2 aromatic carbocycles. The molecule has 0 saturated carbocycles. The van der Waals surface area contributed by atoms with E-state index in [0.717, 1.165) is 11.3 Å². The SMILES string of the molecule is CCOC(=O)c1cc(-c2ccc(F)cc2)n(C2CCN(C(=O)c3cccc(OC)c3)CC2)n1. The van der Waals surface area contributed by atoms with Gasteiger partial charge in [-0.25, -0.2) is 9.18 Å². The van der Waals surface area contributed by atoms with Crippen LogP contribution in [0.15, 0.2) is 54.6 Å². The number of nitrogens with zero attached hydrogens (tertiary/aromatic N) is 3. The second-order valence-corrected chi connectivity index (χ2v) is 7.84. The summed E-state index contributed by atoms with van der Waals surface area (Å²) in [6, 6.07) is 14.9. The van der Waals surface area contributed by atoms with Gasteiger partial charge in [-0.1, -0.05) is 6.07 Å². The predicted octanol–water partition coefficient (Wildman–Crippen LogP) is 4.35. The molecule has 1 aromatic heterocycles. The van der Waals surface area contributed by atoms with Gasteiger partial charge in [0.05, 0.1) is 25.5 Å². The third-order valence-electron chi connectivity index (χ3n) is 5.77. The first-order valence-electron chi connectivity index (χ1n) is 11.0. The van der Waals surface area contributed by atoms with Crippen LogP contribution in [0.2, 0.25) is 0 Å². The van der Waals surface area contributed by atoms with Crippen molar-refractivity contribution in [2.24, 2.45) is 0 Å². The molecule has 0 bridgehead atoms. The molecule has 172 valence electrons. The Hall–Kier alpha value is -3.68. The van der Waals surface area contributed by atoms with Crippen LogP contribution in [0.1, 0.15) is 46.7 Å². The third kappa shape index (κ3) is 4.89. The Balaban J connectivity index is 1.55. The lowest BCUT2D eigenvalue weighted by atomic mass is 10.0. The Morgan fingerprint density at radius 3 is 2.48 bits per heavy atom. The highest BCUT2D eigenvalue weighted by Gasteiger charge is 2.28. The lowest BCUT2D eigenvalue weighted by Gasteiger charge is -2.33. The van der Waals surface area contributed by atoms with Gasteiger partial charge in [-0.05, 0) is 68.3 Å². The summed E-state index contributed by atoms with van der Waals surface area (Å²) >= 11 is 0. The van der Waals surface area contributed by atoms with Crippen LogP contribution in [-0.4, -0.2) is 53.4 Å². The molecular weight excluding hydrogens is 425 g/mol. The molecule has 4 rings (SSSR count). The minimum absolute atomic E-state index is 0.0115. The lowest BCUT2D eigenvalue weighted by molar-refractivity contribution is 0.0517. The van der Waals surface area contributed by atoms with Gasteiger partial charge in [0.25, 0.3) is 5.91 Å². The molecule has 0 aliphatic carbocycles. The van der Waals surface area contributed by atoms with Gasteiger partial charge in [0, 0.05) is 24.2 Å². The maximum atomic E-state index is 13.5. The largest absolute Gasteiger partial charge is 0.497 e. The van der Waals surface area contributed by atoms with E-state index in [-0.39, 0.29) is 30.1 Å². The Morgan fingerprint density at radius 2 is 1.82 bits per heavy atom. The van der Waals surface area contributed by atoms with Crippen LogP contribution in [0.25, 0.3) is 11.3 Å². The molecule has 1 saturated heterocycles. The van der Waals surface area contributed by atoms with Gasteiger partial charge in [0.1, 0.15) is 11.6 Å². The highest BCUT2D eigenvalue weighted by Crippen LogP contribution is 2.30. The molecule has 1 fully saturated rings. The molecule has 0 radical (unpaired) electrons. The first-order chi connectivity index (χ1) is 16.0. The molecular formula is C25H26FN3O4. The fraction of sp³-hybridized carbons (Fsp3) is 0.320. The van der Waals surface area contributed by atoms with E-state index in [9.17, 15) is 14.0 Å². The zero-order chi connectivity index (χ0) is 23.4. The number of halogens is 1. The second kappa shape index (κ2) is 9.85. The molecule has 0 unspecified atom stereocenters. The van der Waals surface area contributed by atoms with Gasteiger partial charge >= 0.3 is 5.97 Å². The van der Waals surface area contributed by atoms with Crippen LogP contribution in [-0.2, 0) is 4.74 Å². The van der Waals surface area contributed by atoms with Crippen molar-refractivity contribution in [1.82, 2.24) is 14.7 Å². The zero-order valence-corrected chi connectivity index (χ0v) is 18.7. The number of carbonyl (C=O) groups excluding carboxylic acids is 2. The number of esters is 1. The van der Waals surface area contributed by atoms with Crippen molar-refractivity contribution >= 4 is 11.9 Å². The van der Waals surface area contributed by atoms with Gasteiger partial charge in [0.2, 0.25) is 0 Å². The highest BCUT2D eigenvalue weighted by atomic mass is 19.1. The van der Waals surface area contributed by atoms with E-state index in [0.29, 0.717) is 37.2 Å². The molecule has 2 heterocycles. The summed E-state index contributed by atoms with van der Waals surface area (Å²) in [5.41, 5.74) is 2.28. The molecule has 1 amide bonds. The summed E-state index contributed by atoms with van der Waals surface area (Å²) in [5.74, 6) is -0.230. The number of rotatable bonds is 6. The molecule has 7 nitrogen and oxygen atoms in total. The molecule has 0 N–H and O–H groups in total. The number of amides is 1. The number of methoxy groups -OCH3 is 1. The zero-order valence-electron chi connectivity index (χ0n) is 18.7. The fourth-order valence-electron chi connectivity index (χ4n) is 4.07. The van der Waals surface area contributed by atoms with Crippen molar-refractivity contribution in [3.05, 3.63) is 71.7 Å². The first kappa shape index (κ1) is 22.5. The number of aromatic nitrogens is 2. The Kier molecular flexibility index (Phi) is 6.72. The van der Waals surface area contributed by atoms with E-state index in [1.165, 1.54) is 12.1 Å². The Labute approximate surface area is 191 Å².